The van der Waals surface area contributed by atoms with E-state index in [0.29, 0.717) is 23.2 Å². The van der Waals surface area contributed by atoms with Gasteiger partial charge in [0.2, 0.25) is 5.88 Å². The molecule has 1 aliphatic rings. The first-order chi connectivity index (χ1) is 5.81. The number of ether oxygens (including phenoxy) is 1. The van der Waals surface area contributed by atoms with Crippen LogP contribution in [0.1, 0.15) is 6.92 Å². The zero-order chi connectivity index (χ0) is 8.55. The molecule has 0 amide bonds. The van der Waals surface area contributed by atoms with E-state index < -0.39 is 0 Å². The highest BCUT2D eigenvalue weighted by Crippen LogP contribution is 2.34. The molecule has 0 spiro atoms. The molecule has 0 N–H and O–H groups in total. The molecule has 0 saturated heterocycles. The van der Waals surface area contributed by atoms with E-state index in [1.807, 2.05) is 0 Å². The van der Waals surface area contributed by atoms with Crippen molar-refractivity contribution in [3.05, 3.63) is 6.33 Å². The van der Waals surface area contributed by atoms with Crippen LogP contribution in [0.3, 0.4) is 0 Å². The average Bonchev–Trinajstić information content (AvgIpc) is 2.44. The van der Waals surface area contributed by atoms with Crippen molar-refractivity contribution in [2.75, 3.05) is 7.11 Å². The molecule has 0 saturated carbocycles. The number of fused-ring (bicyclic) bond motifs is 1. The molecule has 2 rings (SSSR count). The fraction of sp³-hybridized carbons (Fsp3) is 0.286. The number of aromatic nitrogens is 2. The lowest BCUT2D eigenvalue weighted by Crippen LogP contribution is -2.00. The van der Waals surface area contributed by atoms with Crippen LogP contribution in [0.2, 0.25) is 0 Å². The van der Waals surface area contributed by atoms with E-state index >= 15 is 0 Å². The molecule has 0 atom stereocenters. The van der Waals surface area contributed by atoms with Crippen molar-refractivity contribution in [2.24, 2.45) is 4.99 Å². The molecule has 1 aromatic rings. The Morgan fingerprint density at radius 3 is 2.92 bits per heavy atom. The van der Waals surface area contributed by atoms with Gasteiger partial charge in [0.1, 0.15) is 12.2 Å². The molecule has 5 nitrogen and oxygen atoms in total. The molecule has 0 aromatic carbocycles. The lowest BCUT2D eigenvalue weighted by atomic mass is 10.5. The zero-order valence-electron chi connectivity index (χ0n) is 6.77. The summed E-state index contributed by atoms with van der Waals surface area (Å²) in [6.07, 6.45) is 1.41. The maximum Gasteiger partial charge on any atom is 0.245 e. The summed E-state index contributed by atoms with van der Waals surface area (Å²) in [5, 5.41) is 4.08. The molecule has 1 aliphatic heterocycles. The van der Waals surface area contributed by atoms with Gasteiger partial charge in [-0.15, -0.1) is 0 Å². The van der Waals surface area contributed by atoms with Gasteiger partial charge < -0.3 is 4.74 Å². The van der Waals surface area contributed by atoms with Gasteiger partial charge in [-0.2, -0.15) is 4.98 Å². The SMILES string of the molecule is COc1ncnc2c1N=C(C)[N]2. The largest absolute Gasteiger partial charge is 0.479 e. The Morgan fingerprint density at radius 1 is 1.33 bits per heavy atom. The molecule has 0 unspecified atom stereocenters. The molecule has 1 radical (unpaired) electrons. The maximum atomic E-state index is 4.99. The van der Waals surface area contributed by atoms with E-state index in [-0.39, 0.29) is 0 Å². The van der Waals surface area contributed by atoms with Crippen molar-refractivity contribution in [1.82, 2.24) is 15.3 Å². The third-order valence-electron chi connectivity index (χ3n) is 1.50. The molecule has 0 bridgehead atoms. The van der Waals surface area contributed by atoms with Crippen LogP contribution in [0.15, 0.2) is 11.3 Å². The van der Waals surface area contributed by atoms with Crippen molar-refractivity contribution in [3.8, 4) is 5.88 Å². The number of aliphatic imine (C=N–C) groups is 1. The predicted octanol–water partition coefficient (Wildman–Crippen LogP) is 0.785. The Bertz CT molecular complexity index is 347. The monoisotopic (exact) mass is 163 g/mol. The first-order valence-corrected chi connectivity index (χ1v) is 3.47. The van der Waals surface area contributed by atoms with Crippen molar-refractivity contribution < 1.29 is 4.74 Å². The van der Waals surface area contributed by atoms with Crippen LogP contribution in [0.5, 0.6) is 5.88 Å². The van der Waals surface area contributed by atoms with Crippen LogP contribution in [0, 0.1) is 0 Å². The lowest BCUT2D eigenvalue weighted by Gasteiger charge is -1.99. The molecule has 2 heterocycles. The second-order valence-electron chi connectivity index (χ2n) is 2.33. The number of nitrogens with zero attached hydrogens (tertiary/aromatic N) is 4. The van der Waals surface area contributed by atoms with Crippen LogP contribution < -0.4 is 10.1 Å². The number of amidine groups is 1. The Morgan fingerprint density at radius 2 is 2.17 bits per heavy atom. The lowest BCUT2D eigenvalue weighted by molar-refractivity contribution is 0.399. The fourth-order valence-electron chi connectivity index (χ4n) is 1.02. The van der Waals surface area contributed by atoms with Gasteiger partial charge in [-0.1, -0.05) is 0 Å². The highest BCUT2D eigenvalue weighted by atomic mass is 16.5. The molecular formula is C7H7N4O. The van der Waals surface area contributed by atoms with Crippen LogP contribution in [0.4, 0.5) is 11.5 Å². The summed E-state index contributed by atoms with van der Waals surface area (Å²) in [4.78, 5) is 12.0. The third-order valence-corrected chi connectivity index (χ3v) is 1.50. The second-order valence-corrected chi connectivity index (χ2v) is 2.33. The Balaban J connectivity index is 2.55. The summed E-state index contributed by atoms with van der Waals surface area (Å²) in [5.74, 6) is 1.74. The number of hydrogen-bond donors (Lipinski definition) is 0. The Labute approximate surface area is 69.5 Å². The van der Waals surface area contributed by atoms with Crippen LogP contribution >= 0.6 is 0 Å². The van der Waals surface area contributed by atoms with Crippen LogP contribution in [0.25, 0.3) is 0 Å². The van der Waals surface area contributed by atoms with Crippen molar-refractivity contribution in [3.63, 3.8) is 0 Å². The number of methoxy groups -OCH3 is 1. The van der Waals surface area contributed by atoms with Gasteiger partial charge in [-0.25, -0.2) is 15.3 Å². The van der Waals surface area contributed by atoms with E-state index in [4.69, 9.17) is 4.74 Å². The fourth-order valence-corrected chi connectivity index (χ4v) is 1.02. The van der Waals surface area contributed by atoms with Gasteiger partial charge in [0.15, 0.2) is 11.5 Å². The molecule has 1 aromatic heterocycles. The molecule has 0 fully saturated rings. The smallest absolute Gasteiger partial charge is 0.245 e. The standard InChI is InChI=1S/C7H7N4O/c1-4-10-5-6(11-4)8-3-9-7(5)12-2/h3H,1-2H3. The summed E-state index contributed by atoms with van der Waals surface area (Å²) in [5.41, 5.74) is 0.623. The van der Waals surface area contributed by atoms with Gasteiger partial charge in [0, 0.05) is 0 Å². The highest BCUT2D eigenvalue weighted by molar-refractivity contribution is 5.94. The summed E-state index contributed by atoms with van der Waals surface area (Å²) in [7, 11) is 1.55. The maximum absolute atomic E-state index is 4.99. The van der Waals surface area contributed by atoms with Gasteiger partial charge in [0.05, 0.1) is 7.11 Å². The average molecular weight is 163 g/mol. The van der Waals surface area contributed by atoms with Gasteiger partial charge in [-0.3, -0.25) is 0 Å². The van der Waals surface area contributed by atoms with E-state index in [1.54, 1.807) is 14.0 Å². The van der Waals surface area contributed by atoms with E-state index in [2.05, 4.69) is 20.3 Å². The van der Waals surface area contributed by atoms with Gasteiger partial charge in [0.25, 0.3) is 0 Å². The molecular weight excluding hydrogens is 156 g/mol. The first-order valence-electron chi connectivity index (χ1n) is 3.47. The summed E-state index contributed by atoms with van der Waals surface area (Å²) in [6, 6.07) is 0. The van der Waals surface area contributed by atoms with E-state index in [0.717, 1.165) is 0 Å². The van der Waals surface area contributed by atoms with Crippen molar-refractivity contribution in [2.45, 2.75) is 6.92 Å². The molecule has 5 heteroatoms. The normalized spacial score (nSPS) is 13.3. The van der Waals surface area contributed by atoms with Crippen molar-refractivity contribution in [1.29, 1.82) is 0 Å². The van der Waals surface area contributed by atoms with Gasteiger partial charge >= 0.3 is 0 Å². The predicted molar refractivity (Wildman–Crippen MR) is 43.1 cm³/mol. The second kappa shape index (κ2) is 2.44. The third kappa shape index (κ3) is 0.903. The van der Waals surface area contributed by atoms with E-state index in [1.165, 1.54) is 6.33 Å². The minimum absolute atomic E-state index is 0.473. The highest BCUT2D eigenvalue weighted by Gasteiger charge is 2.18. The van der Waals surface area contributed by atoms with Crippen LogP contribution in [-0.2, 0) is 0 Å². The van der Waals surface area contributed by atoms with Gasteiger partial charge in [-0.05, 0) is 6.92 Å². The minimum Gasteiger partial charge on any atom is -0.479 e. The minimum atomic E-state index is 0.473. The summed E-state index contributed by atoms with van der Waals surface area (Å²) in [6.45, 7) is 1.81. The van der Waals surface area contributed by atoms with Crippen LogP contribution in [-0.4, -0.2) is 22.9 Å². The summed E-state index contributed by atoms with van der Waals surface area (Å²) >= 11 is 0. The first kappa shape index (κ1) is 7.02. The Hall–Kier alpha value is -1.65. The zero-order valence-corrected chi connectivity index (χ0v) is 6.77. The molecule has 12 heavy (non-hydrogen) atoms. The number of hydrogen-bond acceptors (Lipinski definition) is 4. The van der Waals surface area contributed by atoms with E-state index in [9.17, 15) is 0 Å². The molecule has 0 aliphatic carbocycles. The quantitative estimate of drug-likeness (QED) is 0.614. The van der Waals surface area contributed by atoms with Crippen molar-refractivity contribution >= 4 is 17.3 Å². The topological polar surface area (TPSA) is 61.5 Å². The number of rotatable bonds is 1. The molecule has 61 valence electrons. The Kier molecular flexibility index (Phi) is 1.43. The summed E-state index contributed by atoms with van der Waals surface area (Å²) < 4.78 is 4.99.